The largest absolute Gasteiger partial charge is 0.529 e. The Hall–Kier alpha value is -1.88. The van der Waals surface area contributed by atoms with Crippen LogP contribution in [-0.4, -0.2) is 26.3 Å². The molecule has 0 spiro atoms. The summed E-state index contributed by atoms with van der Waals surface area (Å²) in [6, 6.07) is 9.81. The second kappa shape index (κ2) is 10.5. The molecule has 1 unspecified atom stereocenters. The Balaban J connectivity index is 2.34. The van der Waals surface area contributed by atoms with E-state index in [1.165, 1.54) is 7.11 Å². The van der Waals surface area contributed by atoms with Crippen molar-refractivity contribution in [3.63, 3.8) is 0 Å². The Morgan fingerprint density at radius 1 is 1.19 bits per heavy atom. The molecular formula is C20H27O6P. The number of carbonyl (C=O) groups is 1. The number of hydrogen-bond acceptors (Lipinski definition) is 6. The van der Waals surface area contributed by atoms with Crippen molar-refractivity contribution in [2.75, 3.05) is 20.3 Å². The van der Waals surface area contributed by atoms with E-state index < -0.39 is 13.8 Å². The standard InChI is InChI=1S/C20H27O6P/c1-4-24-27(22,25-5-2)26-18-13-9-12-17(19(18)20(21)23-3)15-14-16-10-7-6-8-11-16/h6-8,10-11,14-15,17H,4-5,9,12-13H2,1-3H3/b15-14+. The lowest BCUT2D eigenvalue weighted by molar-refractivity contribution is -0.137. The van der Waals surface area contributed by atoms with Crippen LogP contribution in [0.5, 0.6) is 0 Å². The lowest BCUT2D eigenvalue weighted by Crippen LogP contribution is -2.20. The van der Waals surface area contributed by atoms with E-state index in [0.29, 0.717) is 17.8 Å². The highest BCUT2D eigenvalue weighted by Crippen LogP contribution is 2.53. The first kappa shape index (κ1) is 21.4. The molecular weight excluding hydrogens is 367 g/mol. The third-order valence-electron chi connectivity index (χ3n) is 4.11. The average molecular weight is 394 g/mol. The van der Waals surface area contributed by atoms with Crippen molar-refractivity contribution in [3.05, 3.63) is 53.3 Å². The van der Waals surface area contributed by atoms with Crippen LogP contribution in [0.3, 0.4) is 0 Å². The second-order valence-corrected chi connectivity index (χ2v) is 7.56. The molecule has 0 aromatic heterocycles. The minimum absolute atomic E-state index is 0.176. The van der Waals surface area contributed by atoms with Crippen LogP contribution in [0.2, 0.25) is 0 Å². The zero-order chi connectivity index (χ0) is 19.7. The smallest absolute Gasteiger partial charge is 0.466 e. The monoisotopic (exact) mass is 394 g/mol. The van der Waals surface area contributed by atoms with Gasteiger partial charge in [0.15, 0.2) is 0 Å². The number of hydrogen-bond donors (Lipinski definition) is 0. The summed E-state index contributed by atoms with van der Waals surface area (Å²) >= 11 is 0. The summed E-state index contributed by atoms with van der Waals surface area (Å²) in [4.78, 5) is 12.4. The molecule has 0 saturated carbocycles. The van der Waals surface area contributed by atoms with Gasteiger partial charge < -0.3 is 9.26 Å². The number of allylic oxidation sites excluding steroid dienone is 2. The molecule has 0 amide bonds. The minimum Gasteiger partial charge on any atom is -0.466 e. The van der Waals surface area contributed by atoms with E-state index in [2.05, 4.69) is 0 Å². The summed E-state index contributed by atoms with van der Waals surface area (Å²) < 4.78 is 33.8. The fourth-order valence-electron chi connectivity index (χ4n) is 2.96. The molecule has 0 N–H and O–H groups in total. The maximum atomic E-state index is 12.8. The van der Waals surface area contributed by atoms with E-state index in [1.54, 1.807) is 13.8 Å². The summed E-state index contributed by atoms with van der Waals surface area (Å²) in [6.45, 7) is 3.76. The van der Waals surface area contributed by atoms with E-state index in [-0.39, 0.29) is 19.1 Å². The van der Waals surface area contributed by atoms with Gasteiger partial charge in [-0.15, -0.1) is 0 Å². The Labute approximate surface area is 160 Å². The van der Waals surface area contributed by atoms with Gasteiger partial charge in [0.2, 0.25) is 0 Å². The first-order valence-electron chi connectivity index (χ1n) is 9.16. The van der Waals surface area contributed by atoms with Gasteiger partial charge in [0.1, 0.15) is 5.76 Å². The van der Waals surface area contributed by atoms with Gasteiger partial charge in [-0.05, 0) is 32.3 Å². The number of carbonyl (C=O) groups excluding carboxylic acids is 1. The number of ether oxygens (including phenoxy) is 1. The molecule has 1 atom stereocenters. The van der Waals surface area contributed by atoms with Gasteiger partial charge in [-0.3, -0.25) is 9.05 Å². The predicted molar refractivity (Wildman–Crippen MR) is 104 cm³/mol. The van der Waals surface area contributed by atoms with E-state index in [0.717, 1.165) is 18.4 Å². The summed E-state index contributed by atoms with van der Waals surface area (Å²) in [6.07, 6.45) is 5.95. The molecule has 1 aromatic rings. The third-order valence-corrected chi connectivity index (χ3v) is 5.71. The maximum Gasteiger partial charge on any atom is 0.529 e. The third kappa shape index (κ3) is 6.06. The molecule has 0 aliphatic heterocycles. The number of methoxy groups -OCH3 is 1. The number of phosphoric ester groups is 1. The number of rotatable bonds is 9. The van der Waals surface area contributed by atoms with Crippen LogP contribution in [0.4, 0.5) is 0 Å². The summed E-state index contributed by atoms with van der Waals surface area (Å²) in [5.41, 5.74) is 1.40. The molecule has 0 heterocycles. The SMILES string of the molecule is CCOP(=O)(OCC)OC1=C(C(=O)OC)C(/C=C/c2ccccc2)CCC1. The van der Waals surface area contributed by atoms with E-state index in [1.807, 2.05) is 42.5 Å². The lowest BCUT2D eigenvalue weighted by Gasteiger charge is -2.27. The van der Waals surface area contributed by atoms with Crippen molar-refractivity contribution in [1.82, 2.24) is 0 Å². The van der Waals surface area contributed by atoms with Gasteiger partial charge in [-0.25, -0.2) is 9.36 Å². The first-order valence-corrected chi connectivity index (χ1v) is 10.6. The minimum atomic E-state index is -3.77. The van der Waals surface area contributed by atoms with Crippen LogP contribution in [0.15, 0.2) is 47.7 Å². The van der Waals surface area contributed by atoms with Gasteiger partial charge in [0, 0.05) is 12.3 Å². The van der Waals surface area contributed by atoms with Crippen molar-refractivity contribution in [3.8, 4) is 0 Å². The van der Waals surface area contributed by atoms with Crippen molar-refractivity contribution in [2.24, 2.45) is 5.92 Å². The van der Waals surface area contributed by atoms with Crippen LogP contribution in [-0.2, 0) is 27.7 Å². The molecule has 6 nitrogen and oxygen atoms in total. The average Bonchev–Trinajstić information content (AvgIpc) is 2.67. The van der Waals surface area contributed by atoms with Crippen LogP contribution in [0, 0.1) is 5.92 Å². The highest BCUT2D eigenvalue weighted by molar-refractivity contribution is 7.48. The second-order valence-electron chi connectivity index (χ2n) is 5.97. The molecule has 0 bridgehead atoms. The molecule has 1 aromatic carbocycles. The first-order chi connectivity index (χ1) is 13.0. The van der Waals surface area contributed by atoms with E-state index in [4.69, 9.17) is 18.3 Å². The van der Waals surface area contributed by atoms with Crippen LogP contribution < -0.4 is 0 Å². The van der Waals surface area contributed by atoms with Gasteiger partial charge in [-0.1, -0.05) is 42.5 Å². The molecule has 2 rings (SSSR count). The summed E-state index contributed by atoms with van der Waals surface area (Å²) in [5, 5.41) is 0. The molecule has 7 heteroatoms. The Kier molecular flexibility index (Phi) is 8.29. The highest BCUT2D eigenvalue weighted by atomic mass is 31.2. The van der Waals surface area contributed by atoms with Crippen molar-refractivity contribution in [2.45, 2.75) is 33.1 Å². The van der Waals surface area contributed by atoms with Crippen molar-refractivity contribution < 1.29 is 27.7 Å². The molecule has 27 heavy (non-hydrogen) atoms. The van der Waals surface area contributed by atoms with Crippen molar-refractivity contribution >= 4 is 19.9 Å². The predicted octanol–water partition coefficient (Wildman–Crippen LogP) is 5.12. The Bertz CT molecular complexity index is 715. The van der Waals surface area contributed by atoms with Gasteiger partial charge in [-0.2, -0.15) is 0 Å². The van der Waals surface area contributed by atoms with Gasteiger partial charge >= 0.3 is 13.8 Å². The molecule has 0 fully saturated rings. The zero-order valence-corrected chi connectivity index (χ0v) is 16.9. The molecule has 0 radical (unpaired) electrons. The maximum absolute atomic E-state index is 12.8. The van der Waals surface area contributed by atoms with Crippen LogP contribution >= 0.6 is 7.82 Å². The lowest BCUT2D eigenvalue weighted by atomic mass is 9.86. The fourth-order valence-corrected chi connectivity index (χ4v) is 4.24. The zero-order valence-electron chi connectivity index (χ0n) is 16.1. The van der Waals surface area contributed by atoms with Crippen molar-refractivity contribution in [1.29, 1.82) is 0 Å². The number of esters is 1. The highest BCUT2D eigenvalue weighted by Gasteiger charge is 2.35. The Morgan fingerprint density at radius 2 is 1.85 bits per heavy atom. The van der Waals surface area contributed by atoms with E-state index >= 15 is 0 Å². The van der Waals surface area contributed by atoms with Gasteiger partial charge in [0.25, 0.3) is 0 Å². The quantitative estimate of drug-likeness (QED) is 0.427. The molecule has 0 saturated heterocycles. The van der Waals surface area contributed by atoms with Crippen LogP contribution in [0.1, 0.15) is 38.7 Å². The number of benzene rings is 1. The normalized spacial score (nSPS) is 18.0. The van der Waals surface area contributed by atoms with Gasteiger partial charge in [0.05, 0.1) is 25.9 Å². The summed E-state index contributed by atoms with van der Waals surface area (Å²) in [7, 11) is -2.44. The Morgan fingerprint density at radius 3 is 2.44 bits per heavy atom. The molecule has 1 aliphatic carbocycles. The topological polar surface area (TPSA) is 71.1 Å². The number of phosphoric acid groups is 1. The molecule has 1 aliphatic rings. The van der Waals surface area contributed by atoms with E-state index in [9.17, 15) is 9.36 Å². The summed E-state index contributed by atoms with van der Waals surface area (Å²) in [5.74, 6) is -0.369. The molecule has 148 valence electrons. The van der Waals surface area contributed by atoms with Crippen LogP contribution in [0.25, 0.3) is 6.08 Å². The fraction of sp³-hybridized carbons (Fsp3) is 0.450.